The maximum absolute atomic E-state index is 5.83. The van der Waals surface area contributed by atoms with Crippen LogP contribution < -0.4 is 10.6 Å². The van der Waals surface area contributed by atoms with E-state index in [2.05, 4.69) is 41.1 Å². The van der Waals surface area contributed by atoms with Crippen LogP contribution in [0.3, 0.4) is 0 Å². The number of nitrogens with zero attached hydrogens (tertiary/aromatic N) is 2. The minimum absolute atomic E-state index is 0.529. The fraction of sp³-hybridized carbons (Fsp3) is 0.312. The van der Waals surface area contributed by atoms with Crippen LogP contribution in [0.15, 0.2) is 36.5 Å². The average Bonchev–Trinajstić information content (AvgIpc) is 2.46. The standard InChI is InChI=1S/C16H19N3/c1-12-6-7-15-13(10-12)5-3-9-19(15)16-14(11-17)4-2-8-18-16/h2,4,6-8,10H,3,5,9,11,17H2,1H3. The fourth-order valence-electron chi connectivity index (χ4n) is 2.78. The Balaban J connectivity index is 2.08. The average molecular weight is 253 g/mol. The molecule has 0 atom stereocenters. The summed E-state index contributed by atoms with van der Waals surface area (Å²) < 4.78 is 0. The predicted molar refractivity (Wildman–Crippen MR) is 78.6 cm³/mol. The third-order valence-electron chi connectivity index (χ3n) is 3.70. The Hall–Kier alpha value is -1.87. The molecule has 0 spiro atoms. The number of fused-ring (bicyclic) bond motifs is 1. The highest BCUT2D eigenvalue weighted by atomic mass is 15.2. The molecule has 3 rings (SSSR count). The highest BCUT2D eigenvalue weighted by molar-refractivity contribution is 5.67. The summed E-state index contributed by atoms with van der Waals surface area (Å²) >= 11 is 0. The molecule has 0 unspecified atom stereocenters. The molecule has 3 nitrogen and oxygen atoms in total. The van der Waals surface area contributed by atoms with Crippen LogP contribution in [0.4, 0.5) is 11.5 Å². The Morgan fingerprint density at radius 2 is 2.21 bits per heavy atom. The van der Waals surface area contributed by atoms with E-state index in [-0.39, 0.29) is 0 Å². The van der Waals surface area contributed by atoms with Crippen LogP contribution >= 0.6 is 0 Å². The zero-order valence-corrected chi connectivity index (χ0v) is 11.3. The summed E-state index contributed by atoms with van der Waals surface area (Å²) in [6.07, 6.45) is 4.16. The molecule has 0 fully saturated rings. The highest BCUT2D eigenvalue weighted by Crippen LogP contribution is 2.34. The largest absolute Gasteiger partial charge is 0.326 e. The molecule has 1 aliphatic rings. The maximum Gasteiger partial charge on any atom is 0.137 e. The minimum atomic E-state index is 0.529. The van der Waals surface area contributed by atoms with Crippen molar-refractivity contribution in [3.63, 3.8) is 0 Å². The number of nitrogens with two attached hydrogens (primary N) is 1. The van der Waals surface area contributed by atoms with E-state index in [1.807, 2.05) is 12.3 Å². The SMILES string of the molecule is Cc1ccc2c(c1)CCCN2c1ncccc1CN. The van der Waals surface area contributed by atoms with Crippen molar-refractivity contribution in [2.45, 2.75) is 26.3 Å². The summed E-state index contributed by atoms with van der Waals surface area (Å²) in [5.74, 6) is 1.01. The molecular formula is C16H19N3. The van der Waals surface area contributed by atoms with Crippen molar-refractivity contribution in [1.82, 2.24) is 4.98 Å². The third-order valence-corrected chi connectivity index (χ3v) is 3.70. The first-order chi connectivity index (χ1) is 9.29. The Bertz CT molecular complexity index is 592. The summed E-state index contributed by atoms with van der Waals surface area (Å²) in [5.41, 5.74) is 11.0. The normalized spacial score (nSPS) is 14.3. The molecule has 19 heavy (non-hydrogen) atoms. The first kappa shape index (κ1) is 12.2. The molecule has 2 heterocycles. The van der Waals surface area contributed by atoms with Gasteiger partial charge in [0, 0.05) is 30.5 Å². The molecule has 98 valence electrons. The van der Waals surface area contributed by atoms with E-state index in [4.69, 9.17) is 5.73 Å². The zero-order valence-electron chi connectivity index (χ0n) is 11.3. The van der Waals surface area contributed by atoms with E-state index < -0.39 is 0 Å². The summed E-state index contributed by atoms with van der Waals surface area (Å²) in [7, 11) is 0. The Morgan fingerprint density at radius 3 is 3.05 bits per heavy atom. The van der Waals surface area contributed by atoms with Crippen molar-refractivity contribution in [1.29, 1.82) is 0 Å². The summed E-state index contributed by atoms with van der Waals surface area (Å²) in [4.78, 5) is 6.85. The van der Waals surface area contributed by atoms with Gasteiger partial charge < -0.3 is 10.6 Å². The van der Waals surface area contributed by atoms with Crippen molar-refractivity contribution in [3.05, 3.63) is 53.2 Å². The van der Waals surface area contributed by atoms with Gasteiger partial charge in [-0.3, -0.25) is 0 Å². The first-order valence-corrected chi connectivity index (χ1v) is 6.80. The van der Waals surface area contributed by atoms with Gasteiger partial charge in [-0.2, -0.15) is 0 Å². The smallest absolute Gasteiger partial charge is 0.137 e. The van der Waals surface area contributed by atoms with Crippen LogP contribution in [-0.4, -0.2) is 11.5 Å². The summed E-state index contributed by atoms with van der Waals surface area (Å²) in [5, 5.41) is 0. The van der Waals surface area contributed by atoms with Gasteiger partial charge in [0.1, 0.15) is 5.82 Å². The molecular weight excluding hydrogens is 234 g/mol. The Morgan fingerprint density at radius 1 is 1.32 bits per heavy atom. The molecule has 2 N–H and O–H groups in total. The van der Waals surface area contributed by atoms with Crippen LogP contribution in [0.2, 0.25) is 0 Å². The van der Waals surface area contributed by atoms with Gasteiger partial charge in [0.2, 0.25) is 0 Å². The van der Waals surface area contributed by atoms with Gasteiger partial charge in [-0.25, -0.2) is 4.98 Å². The molecule has 0 amide bonds. The van der Waals surface area contributed by atoms with E-state index in [1.54, 1.807) is 0 Å². The molecule has 0 saturated carbocycles. The topological polar surface area (TPSA) is 42.2 Å². The van der Waals surface area contributed by atoms with Gasteiger partial charge >= 0.3 is 0 Å². The van der Waals surface area contributed by atoms with Crippen LogP contribution in [0.1, 0.15) is 23.1 Å². The fourth-order valence-corrected chi connectivity index (χ4v) is 2.78. The number of anilines is 2. The minimum Gasteiger partial charge on any atom is -0.326 e. The van der Waals surface area contributed by atoms with E-state index in [1.165, 1.54) is 16.8 Å². The molecule has 1 aliphatic heterocycles. The molecule has 1 aromatic carbocycles. The van der Waals surface area contributed by atoms with Crippen LogP contribution in [0, 0.1) is 6.92 Å². The third kappa shape index (κ3) is 2.22. The summed E-state index contributed by atoms with van der Waals surface area (Å²) in [6.45, 7) is 3.69. The lowest BCUT2D eigenvalue weighted by Crippen LogP contribution is -2.26. The lowest BCUT2D eigenvalue weighted by atomic mass is 9.99. The highest BCUT2D eigenvalue weighted by Gasteiger charge is 2.20. The van der Waals surface area contributed by atoms with Gasteiger partial charge in [-0.1, -0.05) is 23.8 Å². The van der Waals surface area contributed by atoms with E-state index in [9.17, 15) is 0 Å². The van der Waals surface area contributed by atoms with Gasteiger partial charge in [-0.05, 0) is 37.5 Å². The number of aromatic nitrogens is 1. The number of benzene rings is 1. The predicted octanol–water partition coefficient (Wildman–Crippen LogP) is 2.93. The monoisotopic (exact) mass is 253 g/mol. The first-order valence-electron chi connectivity index (χ1n) is 6.80. The van der Waals surface area contributed by atoms with Crippen LogP contribution in [-0.2, 0) is 13.0 Å². The van der Waals surface area contributed by atoms with Crippen LogP contribution in [0.25, 0.3) is 0 Å². The van der Waals surface area contributed by atoms with Crippen molar-refractivity contribution in [2.24, 2.45) is 5.73 Å². The van der Waals surface area contributed by atoms with Gasteiger partial charge in [0.15, 0.2) is 0 Å². The zero-order chi connectivity index (χ0) is 13.2. The van der Waals surface area contributed by atoms with Crippen molar-refractivity contribution in [3.8, 4) is 0 Å². The number of pyridine rings is 1. The van der Waals surface area contributed by atoms with Gasteiger partial charge in [0.25, 0.3) is 0 Å². The number of rotatable bonds is 2. The lowest BCUT2D eigenvalue weighted by Gasteiger charge is -2.31. The summed E-state index contributed by atoms with van der Waals surface area (Å²) in [6, 6.07) is 10.7. The quantitative estimate of drug-likeness (QED) is 0.894. The number of hydrogen-bond acceptors (Lipinski definition) is 3. The second kappa shape index (κ2) is 5.02. The Labute approximate surface area is 114 Å². The van der Waals surface area contributed by atoms with E-state index in [0.717, 1.165) is 30.8 Å². The molecule has 1 aromatic heterocycles. The molecule has 0 saturated heterocycles. The van der Waals surface area contributed by atoms with E-state index in [0.29, 0.717) is 6.54 Å². The van der Waals surface area contributed by atoms with Crippen molar-refractivity contribution >= 4 is 11.5 Å². The van der Waals surface area contributed by atoms with Gasteiger partial charge in [-0.15, -0.1) is 0 Å². The van der Waals surface area contributed by atoms with Crippen molar-refractivity contribution < 1.29 is 0 Å². The molecule has 2 aromatic rings. The molecule has 0 bridgehead atoms. The van der Waals surface area contributed by atoms with Crippen molar-refractivity contribution in [2.75, 3.05) is 11.4 Å². The second-order valence-electron chi connectivity index (χ2n) is 5.08. The second-order valence-corrected chi connectivity index (χ2v) is 5.08. The molecule has 0 aliphatic carbocycles. The number of aryl methyl sites for hydroxylation is 2. The molecule has 0 radical (unpaired) electrons. The maximum atomic E-state index is 5.83. The molecule has 3 heteroatoms. The van der Waals surface area contributed by atoms with E-state index >= 15 is 0 Å². The lowest BCUT2D eigenvalue weighted by molar-refractivity contribution is 0.754. The Kier molecular flexibility index (Phi) is 3.22. The van der Waals surface area contributed by atoms with Crippen LogP contribution in [0.5, 0.6) is 0 Å². The van der Waals surface area contributed by atoms with Gasteiger partial charge in [0.05, 0.1) is 0 Å². The number of hydrogen-bond donors (Lipinski definition) is 1.